The summed E-state index contributed by atoms with van der Waals surface area (Å²) in [5.41, 5.74) is 0. The van der Waals surface area contributed by atoms with Crippen molar-refractivity contribution < 1.29 is 19.1 Å². The number of nitrogens with zero attached hydrogens (tertiary/aromatic N) is 2. The summed E-state index contributed by atoms with van der Waals surface area (Å²) >= 11 is 0. The Morgan fingerprint density at radius 2 is 1.88 bits per heavy atom. The van der Waals surface area contributed by atoms with Gasteiger partial charge in [-0.25, -0.2) is 9.59 Å². The van der Waals surface area contributed by atoms with E-state index in [4.69, 9.17) is 9.47 Å². The summed E-state index contributed by atoms with van der Waals surface area (Å²) in [7, 11) is 2.85. The van der Waals surface area contributed by atoms with E-state index in [9.17, 15) is 9.59 Å². The van der Waals surface area contributed by atoms with Gasteiger partial charge in [0, 0.05) is 25.2 Å². The number of ether oxygens (including phenoxy) is 2. The molecule has 1 heterocycles. The zero-order valence-corrected chi connectivity index (χ0v) is 14.9. The van der Waals surface area contributed by atoms with E-state index in [1.807, 2.05) is 11.0 Å². The van der Waals surface area contributed by atoms with E-state index in [0.717, 1.165) is 32.1 Å². The van der Waals surface area contributed by atoms with Gasteiger partial charge in [-0.2, -0.15) is 0 Å². The lowest BCUT2D eigenvalue weighted by atomic mass is 9.91. The highest BCUT2D eigenvalue weighted by molar-refractivity contribution is 5.69. The number of hydrogen-bond acceptors (Lipinski definition) is 4. The Kier molecular flexibility index (Phi) is 6.94. The van der Waals surface area contributed by atoms with Crippen LogP contribution in [-0.2, 0) is 9.47 Å². The van der Waals surface area contributed by atoms with Gasteiger partial charge < -0.3 is 19.3 Å². The van der Waals surface area contributed by atoms with Crippen molar-refractivity contribution in [1.29, 1.82) is 0 Å². The third kappa shape index (κ3) is 4.22. The summed E-state index contributed by atoms with van der Waals surface area (Å²) in [6.07, 6.45) is 8.49. The molecule has 0 bridgehead atoms. The van der Waals surface area contributed by atoms with E-state index in [0.29, 0.717) is 19.5 Å². The van der Waals surface area contributed by atoms with Gasteiger partial charge in [0.05, 0.1) is 14.2 Å². The molecule has 2 amide bonds. The molecule has 0 aromatic carbocycles. The van der Waals surface area contributed by atoms with Crippen LogP contribution in [0.1, 0.15) is 44.9 Å². The SMILES string of the molecule is C=CCC1C(CN(C(=O)OC)C2CCCCC2)CCN1C(=O)OC. The van der Waals surface area contributed by atoms with Crippen molar-refractivity contribution in [3.63, 3.8) is 0 Å². The molecule has 1 saturated heterocycles. The third-order valence-corrected chi connectivity index (χ3v) is 5.36. The molecule has 2 atom stereocenters. The average molecular weight is 338 g/mol. The Bertz CT molecular complexity index is 448. The molecule has 1 aliphatic carbocycles. The molecule has 2 aliphatic rings. The second-order valence-corrected chi connectivity index (χ2v) is 6.72. The van der Waals surface area contributed by atoms with Crippen LogP contribution in [0.15, 0.2) is 12.7 Å². The Hall–Kier alpha value is -1.72. The minimum atomic E-state index is -0.299. The van der Waals surface area contributed by atoms with E-state index in [1.165, 1.54) is 20.6 Å². The van der Waals surface area contributed by atoms with Crippen molar-refractivity contribution in [3.8, 4) is 0 Å². The topological polar surface area (TPSA) is 59.1 Å². The molecule has 0 radical (unpaired) electrons. The Morgan fingerprint density at radius 3 is 2.46 bits per heavy atom. The van der Waals surface area contributed by atoms with Crippen molar-refractivity contribution in [3.05, 3.63) is 12.7 Å². The fraction of sp³-hybridized carbons (Fsp3) is 0.778. The number of methoxy groups -OCH3 is 2. The smallest absolute Gasteiger partial charge is 0.409 e. The Balaban J connectivity index is 2.10. The summed E-state index contributed by atoms with van der Waals surface area (Å²) in [5, 5.41) is 0. The first-order valence-electron chi connectivity index (χ1n) is 8.92. The Morgan fingerprint density at radius 1 is 1.17 bits per heavy atom. The first kappa shape index (κ1) is 18.6. The summed E-state index contributed by atoms with van der Waals surface area (Å²) < 4.78 is 9.92. The highest BCUT2D eigenvalue weighted by atomic mass is 16.5. The van der Waals surface area contributed by atoms with Crippen molar-refractivity contribution in [2.24, 2.45) is 5.92 Å². The van der Waals surface area contributed by atoms with E-state index < -0.39 is 0 Å². The van der Waals surface area contributed by atoms with Crippen molar-refractivity contribution >= 4 is 12.2 Å². The lowest BCUT2D eigenvalue weighted by molar-refractivity contribution is 0.0770. The van der Waals surface area contributed by atoms with Crippen LogP contribution in [-0.4, -0.2) is 61.4 Å². The van der Waals surface area contributed by atoms with E-state index in [1.54, 1.807) is 4.90 Å². The lowest BCUT2D eigenvalue weighted by Gasteiger charge is -2.36. The third-order valence-electron chi connectivity index (χ3n) is 5.36. The summed E-state index contributed by atoms with van der Waals surface area (Å²) in [6.45, 7) is 5.11. The molecule has 1 saturated carbocycles. The van der Waals surface area contributed by atoms with Gasteiger partial charge in [-0.05, 0) is 31.6 Å². The second-order valence-electron chi connectivity index (χ2n) is 6.72. The van der Waals surface area contributed by atoms with Gasteiger partial charge in [-0.15, -0.1) is 6.58 Å². The molecule has 1 aliphatic heterocycles. The molecule has 24 heavy (non-hydrogen) atoms. The number of hydrogen-bond donors (Lipinski definition) is 0. The molecule has 0 aromatic rings. The van der Waals surface area contributed by atoms with Crippen molar-refractivity contribution in [2.45, 2.75) is 57.0 Å². The first-order chi connectivity index (χ1) is 11.6. The molecule has 2 unspecified atom stereocenters. The maximum Gasteiger partial charge on any atom is 0.409 e. The maximum atomic E-state index is 12.3. The fourth-order valence-corrected chi connectivity index (χ4v) is 4.10. The molecule has 0 N–H and O–H groups in total. The van der Waals surface area contributed by atoms with Crippen molar-refractivity contribution in [2.75, 3.05) is 27.3 Å². The predicted molar refractivity (Wildman–Crippen MR) is 91.8 cm³/mol. The molecular formula is C18H30N2O4. The normalized spacial score (nSPS) is 24.5. The highest BCUT2D eigenvalue weighted by Gasteiger charge is 2.39. The van der Waals surface area contributed by atoms with Crippen LogP contribution in [0.5, 0.6) is 0 Å². The lowest BCUT2D eigenvalue weighted by Crippen LogP contribution is -2.47. The molecule has 2 fully saturated rings. The fourth-order valence-electron chi connectivity index (χ4n) is 4.10. The van der Waals surface area contributed by atoms with Gasteiger partial charge in [0.25, 0.3) is 0 Å². The highest BCUT2D eigenvalue weighted by Crippen LogP contribution is 2.31. The summed E-state index contributed by atoms with van der Waals surface area (Å²) in [6, 6.07) is 0.286. The number of amides is 2. The first-order valence-corrected chi connectivity index (χ1v) is 8.92. The van der Waals surface area contributed by atoms with Gasteiger partial charge in [0.15, 0.2) is 0 Å². The summed E-state index contributed by atoms with van der Waals surface area (Å²) in [4.78, 5) is 28.0. The largest absolute Gasteiger partial charge is 0.453 e. The molecule has 136 valence electrons. The maximum absolute atomic E-state index is 12.3. The van der Waals surface area contributed by atoms with E-state index >= 15 is 0 Å². The minimum absolute atomic E-state index is 0.0331. The molecule has 0 aromatic heterocycles. The van der Waals surface area contributed by atoms with Crippen LogP contribution in [0.4, 0.5) is 9.59 Å². The van der Waals surface area contributed by atoms with Crippen LogP contribution in [0.2, 0.25) is 0 Å². The van der Waals surface area contributed by atoms with E-state index in [2.05, 4.69) is 6.58 Å². The Labute approximate surface area is 144 Å². The quantitative estimate of drug-likeness (QED) is 0.721. The predicted octanol–water partition coefficient (Wildman–Crippen LogP) is 3.42. The van der Waals surface area contributed by atoms with Crippen LogP contribution in [0.3, 0.4) is 0 Å². The molecule has 2 rings (SSSR count). The number of likely N-dealkylation sites (tertiary alicyclic amines) is 1. The van der Waals surface area contributed by atoms with Crippen LogP contribution < -0.4 is 0 Å². The van der Waals surface area contributed by atoms with Crippen LogP contribution in [0, 0.1) is 5.92 Å². The number of carbonyl (C=O) groups excluding carboxylic acids is 2. The molecule has 0 spiro atoms. The monoisotopic (exact) mass is 338 g/mol. The van der Waals surface area contributed by atoms with Gasteiger partial charge in [0.2, 0.25) is 0 Å². The second kappa shape index (κ2) is 8.94. The van der Waals surface area contributed by atoms with Crippen molar-refractivity contribution in [1.82, 2.24) is 9.80 Å². The van der Waals surface area contributed by atoms with Gasteiger partial charge in [-0.3, -0.25) is 0 Å². The van der Waals surface area contributed by atoms with Gasteiger partial charge in [0.1, 0.15) is 0 Å². The molecular weight excluding hydrogens is 308 g/mol. The van der Waals surface area contributed by atoms with Gasteiger partial charge >= 0.3 is 12.2 Å². The number of rotatable bonds is 5. The molecule has 6 heteroatoms. The van der Waals surface area contributed by atoms with Gasteiger partial charge in [-0.1, -0.05) is 25.3 Å². The summed E-state index contributed by atoms with van der Waals surface area (Å²) in [5.74, 6) is 0.225. The zero-order chi connectivity index (χ0) is 17.5. The molecule has 6 nitrogen and oxygen atoms in total. The minimum Gasteiger partial charge on any atom is -0.453 e. The zero-order valence-electron chi connectivity index (χ0n) is 14.9. The van der Waals surface area contributed by atoms with E-state index in [-0.39, 0.29) is 30.2 Å². The average Bonchev–Trinajstić information content (AvgIpc) is 3.02. The standard InChI is InChI=1S/C18H30N2O4/c1-4-8-16-14(11-12-19(16)17(21)23-2)13-20(18(22)24-3)15-9-6-5-7-10-15/h4,14-16H,1,5-13H2,2-3H3. The van der Waals surface area contributed by atoms with Crippen LogP contribution >= 0.6 is 0 Å². The number of carbonyl (C=O) groups is 2. The van der Waals surface area contributed by atoms with Crippen LogP contribution in [0.25, 0.3) is 0 Å².